The molecule has 1 aromatic heterocycles. The van der Waals surface area contributed by atoms with Gasteiger partial charge in [0, 0.05) is 18.8 Å². The molecule has 0 atom stereocenters. The number of hydrogen-bond acceptors (Lipinski definition) is 3. The van der Waals surface area contributed by atoms with Gasteiger partial charge >= 0.3 is 0 Å². The summed E-state index contributed by atoms with van der Waals surface area (Å²) in [6.07, 6.45) is 4.92. The summed E-state index contributed by atoms with van der Waals surface area (Å²) in [4.78, 5) is 0. The summed E-state index contributed by atoms with van der Waals surface area (Å²) in [6.45, 7) is 7.90. The van der Waals surface area contributed by atoms with Crippen LogP contribution in [0.3, 0.4) is 0 Å². The first-order valence-electron chi connectivity index (χ1n) is 7.19. The van der Waals surface area contributed by atoms with Gasteiger partial charge in [-0.15, -0.1) is 0 Å². The predicted molar refractivity (Wildman–Crippen MR) is 82.2 cm³/mol. The maximum Gasteiger partial charge on any atom is 0.119 e. The molecule has 0 spiro atoms. The molecule has 2 rings (SSSR count). The number of anilines is 1. The van der Waals surface area contributed by atoms with E-state index in [1.165, 1.54) is 5.56 Å². The van der Waals surface area contributed by atoms with Gasteiger partial charge < -0.3 is 10.1 Å². The molecule has 1 N–H and O–H groups in total. The predicted octanol–water partition coefficient (Wildman–Crippen LogP) is 3.86. The van der Waals surface area contributed by atoms with Gasteiger partial charge in [0.2, 0.25) is 0 Å². The second-order valence-electron chi connectivity index (χ2n) is 5.15. The Morgan fingerprint density at radius 1 is 1.25 bits per heavy atom. The molecule has 1 heterocycles. The highest BCUT2D eigenvalue weighted by Crippen LogP contribution is 2.15. The van der Waals surface area contributed by atoms with E-state index in [1.807, 2.05) is 29.2 Å². The van der Waals surface area contributed by atoms with Crippen LogP contribution in [0.1, 0.15) is 38.8 Å². The van der Waals surface area contributed by atoms with Crippen LogP contribution in [-0.4, -0.2) is 16.4 Å². The van der Waals surface area contributed by atoms with E-state index in [1.54, 1.807) is 0 Å². The van der Waals surface area contributed by atoms with Crippen LogP contribution in [0.15, 0.2) is 36.7 Å². The molecule has 0 unspecified atom stereocenters. The zero-order chi connectivity index (χ0) is 14.4. The van der Waals surface area contributed by atoms with Gasteiger partial charge in [-0.1, -0.05) is 19.1 Å². The third-order valence-electron chi connectivity index (χ3n) is 3.02. The summed E-state index contributed by atoms with van der Waals surface area (Å²) < 4.78 is 7.52. The molecule has 0 bridgehead atoms. The van der Waals surface area contributed by atoms with E-state index in [2.05, 4.69) is 43.3 Å². The summed E-state index contributed by atoms with van der Waals surface area (Å²) >= 11 is 0. The SMILES string of the molecule is CCCOc1ccc(CNc2cnn(C(C)C)c2)cc1. The Balaban J connectivity index is 1.86. The number of benzene rings is 1. The Labute approximate surface area is 120 Å². The first-order chi connectivity index (χ1) is 9.69. The van der Waals surface area contributed by atoms with Crippen molar-refractivity contribution in [3.8, 4) is 5.75 Å². The molecule has 0 aliphatic rings. The monoisotopic (exact) mass is 273 g/mol. The standard InChI is InChI=1S/C16H23N3O/c1-4-9-20-16-7-5-14(6-8-16)10-17-15-11-18-19(12-15)13(2)3/h5-8,11-13,17H,4,9-10H2,1-3H3. The summed E-state index contributed by atoms with van der Waals surface area (Å²) in [5.41, 5.74) is 2.27. The molecule has 0 radical (unpaired) electrons. The van der Waals surface area contributed by atoms with Crippen LogP contribution in [-0.2, 0) is 6.54 Å². The lowest BCUT2D eigenvalue weighted by Crippen LogP contribution is -2.01. The quantitative estimate of drug-likeness (QED) is 0.832. The topological polar surface area (TPSA) is 39.1 Å². The maximum absolute atomic E-state index is 5.57. The third kappa shape index (κ3) is 4.02. The van der Waals surface area contributed by atoms with Gasteiger partial charge in [0.05, 0.1) is 18.5 Å². The van der Waals surface area contributed by atoms with Gasteiger partial charge in [-0.2, -0.15) is 5.10 Å². The molecule has 0 fully saturated rings. The van der Waals surface area contributed by atoms with E-state index in [0.717, 1.165) is 31.0 Å². The van der Waals surface area contributed by atoms with Gasteiger partial charge in [0.15, 0.2) is 0 Å². The largest absolute Gasteiger partial charge is 0.494 e. The average molecular weight is 273 g/mol. The molecular weight excluding hydrogens is 250 g/mol. The second-order valence-corrected chi connectivity index (χ2v) is 5.15. The van der Waals surface area contributed by atoms with Crippen molar-refractivity contribution in [2.24, 2.45) is 0 Å². The van der Waals surface area contributed by atoms with Gasteiger partial charge in [-0.25, -0.2) is 0 Å². The fraction of sp³-hybridized carbons (Fsp3) is 0.438. The second kappa shape index (κ2) is 6.98. The van der Waals surface area contributed by atoms with Crippen molar-refractivity contribution in [3.05, 3.63) is 42.2 Å². The van der Waals surface area contributed by atoms with E-state index < -0.39 is 0 Å². The van der Waals surface area contributed by atoms with Crippen molar-refractivity contribution in [1.29, 1.82) is 0 Å². The summed E-state index contributed by atoms with van der Waals surface area (Å²) in [6, 6.07) is 8.60. The van der Waals surface area contributed by atoms with Crippen molar-refractivity contribution < 1.29 is 4.74 Å². The number of nitrogens with zero attached hydrogens (tertiary/aromatic N) is 2. The minimum Gasteiger partial charge on any atom is -0.494 e. The van der Waals surface area contributed by atoms with Crippen LogP contribution >= 0.6 is 0 Å². The van der Waals surface area contributed by atoms with E-state index in [-0.39, 0.29) is 0 Å². The summed E-state index contributed by atoms with van der Waals surface area (Å²) in [5, 5.41) is 7.68. The molecule has 108 valence electrons. The zero-order valence-electron chi connectivity index (χ0n) is 12.5. The molecule has 0 saturated carbocycles. The summed E-state index contributed by atoms with van der Waals surface area (Å²) in [5.74, 6) is 0.934. The normalized spacial score (nSPS) is 10.8. The van der Waals surface area contributed by atoms with E-state index >= 15 is 0 Å². The minimum absolute atomic E-state index is 0.389. The molecule has 4 heteroatoms. The molecule has 0 saturated heterocycles. The van der Waals surface area contributed by atoms with Crippen LogP contribution in [0.4, 0.5) is 5.69 Å². The third-order valence-corrected chi connectivity index (χ3v) is 3.02. The average Bonchev–Trinajstić information content (AvgIpc) is 2.93. The Kier molecular flexibility index (Phi) is 5.04. The van der Waals surface area contributed by atoms with E-state index in [9.17, 15) is 0 Å². The van der Waals surface area contributed by atoms with Crippen LogP contribution in [0, 0.1) is 0 Å². The van der Waals surface area contributed by atoms with Crippen molar-refractivity contribution in [1.82, 2.24) is 9.78 Å². The highest BCUT2D eigenvalue weighted by Gasteiger charge is 2.01. The first kappa shape index (κ1) is 14.4. The number of ether oxygens (including phenoxy) is 1. The smallest absolute Gasteiger partial charge is 0.119 e. The van der Waals surface area contributed by atoms with Crippen molar-refractivity contribution in [2.75, 3.05) is 11.9 Å². The van der Waals surface area contributed by atoms with Crippen LogP contribution in [0.2, 0.25) is 0 Å². The number of nitrogens with one attached hydrogen (secondary N) is 1. The van der Waals surface area contributed by atoms with E-state index in [0.29, 0.717) is 6.04 Å². The molecule has 4 nitrogen and oxygen atoms in total. The molecule has 0 aliphatic carbocycles. The maximum atomic E-state index is 5.57. The lowest BCUT2D eigenvalue weighted by atomic mass is 10.2. The highest BCUT2D eigenvalue weighted by atomic mass is 16.5. The van der Waals surface area contributed by atoms with Crippen molar-refractivity contribution >= 4 is 5.69 Å². The fourth-order valence-electron chi connectivity index (χ4n) is 1.84. The molecule has 2 aromatic rings. The molecule has 0 amide bonds. The minimum atomic E-state index is 0.389. The van der Waals surface area contributed by atoms with Gasteiger partial charge in [-0.05, 0) is 38.0 Å². The lowest BCUT2D eigenvalue weighted by molar-refractivity contribution is 0.317. The Morgan fingerprint density at radius 3 is 2.60 bits per heavy atom. The van der Waals surface area contributed by atoms with E-state index in [4.69, 9.17) is 4.74 Å². The van der Waals surface area contributed by atoms with Crippen molar-refractivity contribution in [3.63, 3.8) is 0 Å². The number of rotatable bonds is 7. The molecular formula is C16H23N3O. The molecule has 0 aliphatic heterocycles. The Morgan fingerprint density at radius 2 is 2.00 bits per heavy atom. The number of aromatic nitrogens is 2. The Hall–Kier alpha value is -1.97. The van der Waals surface area contributed by atoms with Gasteiger partial charge in [0.25, 0.3) is 0 Å². The van der Waals surface area contributed by atoms with Crippen molar-refractivity contribution in [2.45, 2.75) is 39.8 Å². The lowest BCUT2D eigenvalue weighted by Gasteiger charge is -2.07. The van der Waals surface area contributed by atoms with Crippen LogP contribution in [0.5, 0.6) is 5.75 Å². The van der Waals surface area contributed by atoms with Gasteiger partial charge in [0.1, 0.15) is 5.75 Å². The summed E-state index contributed by atoms with van der Waals surface area (Å²) in [7, 11) is 0. The first-order valence-corrected chi connectivity index (χ1v) is 7.19. The molecule has 1 aromatic carbocycles. The van der Waals surface area contributed by atoms with Crippen LogP contribution in [0.25, 0.3) is 0 Å². The van der Waals surface area contributed by atoms with Gasteiger partial charge in [-0.3, -0.25) is 4.68 Å². The fourth-order valence-corrected chi connectivity index (χ4v) is 1.84. The Bertz CT molecular complexity index is 517. The van der Waals surface area contributed by atoms with Crippen LogP contribution < -0.4 is 10.1 Å². The molecule has 20 heavy (non-hydrogen) atoms. The zero-order valence-corrected chi connectivity index (χ0v) is 12.5. The highest BCUT2D eigenvalue weighted by molar-refractivity contribution is 5.39. The number of hydrogen-bond donors (Lipinski definition) is 1.